The van der Waals surface area contributed by atoms with Crippen LogP contribution in [0.25, 0.3) is 0 Å². The summed E-state index contributed by atoms with van der Waals surface area (Å²) in [6.07, 6.45) is 0.216. The van der Waals surface area contributed by atoms with Gasteiger partial charge in [-0.2, -0.15) is 0 Å². The minimum absolute atomic E-state index is 0.0386. The Morgan fingerprint density at radius 2 is 1.70 bits per heavy atom. The van der Waals surface area contributed by atoms with Crippen molar-refractivity contribution in [2.24, 2.45) is 0 Å². The Morgan fingerprint density at radius 1 is 1.04 bits per heavy atom. The quantitative estimate of drug-likeness (QED) is 0.296. The van der Waals surface area contributed by atoms with Crippen LogP contribution in [-0.4, -0.2) is 39.5 Å². The molecule has 0 bridgehead atoms. The smallest absolute Gasteiger partial charge is 0.333 e. The van der Waals surface area contributed by atoms with Crippen LogP contribution in [0.3, 0.4) is 0 Å². The van der Waals surface area contributed by atoms with Crippen LogP contribution in [0.4, 0.5) is 0 Å². The standard InChI is InChI=1S/C20H20O7/c1-3-6-18(24)27-20(12(2)21)26-13-9-10-15(17(23)11-13)19(25)14-7-4-5-8-16(14)22/h3-12,20-23H,1-2H3/b6-3+. The third kappa shape index (κ3) is 5.08. The van der Waals surface area contributed by atoms with Crippen molar-refractivity contribution in [2.45, 2.75) is 26.2 Å². The van der Waals surface area contributed by atoms with E-state index in [2.05, 4.69) is 0 Å². The number of benzene rings is 2. The summed E-state index contributed by atoms with van der Waals surface area (Å²) in [6, 6.07) is 9.83. The highest BCUT2D eigenvalue weighted by Gasteiger charge is 2.22. The molecular formula is C20H20O7. The number of aromatic hydroxyl groups is 2. The summed E-state index contributed by atoms with van der Waals surface area (Å²) in [6.45, 7) is 3.02. The van der Waals surface area contributed by atoms with E-state index in [9.17, 15) is 24.9 Å². The number of esters is 1. The highest BCUT2D eigenvalue weighted by Crippen LogP contribution is 2.29. The van der Waals surface area contributed by atoms with Gasteiger partial charge in [0, 0.05) is 12.1 Å². The van der Waals surface area contributed by atoms with Crippen molar-refractivity contribution in [2.75, 3.05) is 0 Å². The number of phenols is 2. The average Bonchev–Trinajstić information content (AvgIpc) is 2.61. The first-order valence-electron chi connectivity index (χ1n) is 8.17. The first kappa shape index (κ1) is 20.0. The van der Waals surface area contributed by atoms with Crippen LogP contribution >= 0.6 is 0 Å². The van der Waals surface area contributed by atoms with E-state index in [1.54, 1.807) is 19.1 Å². The van der Waals surface area contributed by atoms with E-state index in [-0.39, 0.29) is 28.4 Å². The van der Waals surface area contributed by atoms with Crippen molar-refractivity contribution in [3.8, 4) is 17.2 Å². The minimum Gasteiger partial charge on any atom is -0.507 e. The van der Waals surface area contributed by atoms with Crippen molar-refractivity contribution < 1.29 is 34.4 Å². The number of rotatable bonds is 7. The third-order valence-corrected chi connectivity index (χ3v) is 3.54. The lowest BCUT2D eigenvalue weighted by molar-refractivity contribution is -0.172. The molecule has 0 aliphatic heterocycles. The molecule has 2 unspecified atom stereocenters. The fourth-order valence-corrected chi connectivity index (χ4v) is 2.23. The monoisotopic (exact) mass is 372 g/mol. The van der Waals surface area contributed by atoms with Crippen LogP contribution in [0.5, 0.6) is 17.2 Å². The van der Waals surface area contributed by atoms with Crippen molar-refractivity contribution in [3.63, 3.8) is 0 Å². The first-order chi connectivity index (χ1) is 12.8. The SMILES string of the molecule is C/C=C/C(=O)OC(Oc1ccc(C(=O)c2ccccc2O)c(O)c1)C(C)O. The molecule has 0 aromatic heterocycles. The molecule has 0 fully saturated rings. The number of aliphatic hydroxyl groups excluding tert-OH is 1. The summed E-state index contributed by atoms with van der Waals surface area (Å²) < 4.78 is 10.4. The number of hydrogen-bond donors (Lipinski definition) is 3. The molecule has 3 N–H and O–H groups in total. The minimum atomic E-state index is -1.30. The second kappa shape index (κ2) is 8.86. The molecule has 7 nitrogen and oxygen atoms in total. The second-order valence-electron chi connectivity index (χ2n) is 5.69. The van der Waals surface area contributed by atoms with Crippen LogP contribution in [-0.2, 0) is 9.53 Å². The summed E-state index contributed by atoms with van der Waals surface area (Å²) in [5, 5.41) is 29.7. The Morgan fingerprint density at radius 3 is 2.30 bits per heavy atom. The van der Waals surface area contributed by atoms with Crippen LogP contribution in [0, 0.1) is 0 Å². The van der Waals surface area contributed by atoms with Gasteiger partial charge in [0.1, 0.15) is 23.4 Å². The average molecular weight is 372 g/mol. The summed E-state index contributed by atoms with van der Waals surface area (Å²) in [7, 11) is 0. The highest BCUT2D eigenvalue weighted by atomic mass is 16.7. The van der Waals surface area contributed by atoms with E-state index >= 15 is 0 Å². The molecule has 0 spiro atoms. The Balaban J connectivity index is 2.21. The maximum absolute atomic E-state index is 12.5. The van der Waals surface area contributed by atoms with Gasteiger partial charge < -0.3 is 24.8 Å². The van der Waals surface area contributed by atoms with E-state index in [1.807, 2.05) is 0 Å². The van der Waals surface area contributed by atoms with Crippen molar-refractivity contribution in [3.05, 3.63) is 65.7 Å². The third-order valence-electron chi connectivity index (χ3n) is 3.54. The van der Waals surface area contributed by atoms with Gasteiger partial charge in [-0.05, 0) is 38.1 Å². The number of hydrogen-bond acceptors (Lipinski definition) is 7. The molecule has 0 saturated heterocycles. The van der Waals surface area contributed by atoms with Crippen molar-refractivity contribution >= 4 is 11.8 Å². The molecule has 0 amide bonds. The van der Waals surface area contributed by atoms with Crippen LogP contribution in [0.2, 0.25) is 0 Å². The normalized spacial score (nSPS) is 13.1. The van der Waals surface area contributed by atoms with Gasteiger partial charge in [-0.1, -0.05) is 18.2 Å². The van der Waals surface area contributed by atoms with E-state index in [1.165, 1.54) is 43.3 Å². The molecular weight excluding hydrogens is 352 g/mol. The number of para-hydroxylation sites is 1. The molecule has 0 saturated carbocycles. The Bertz CT molecular complexity index is 855. The maximum atomic E-state index is 12.5. The Hall–Kier alpha value is -3.32. The molecule has 27 heavy (non-hydrogen) atoms. The van der Waals surface area contributed by atoms with Gasteiger partial charge in [0.2, 0.25) is 0 Å². The summed E-state index contributed by atoms with van der Waals surface area (Å²) in [5.41, 5.74) is 0.00645. The number of carbonyl (C=O) groups is 2. The topological polar surface area (TPSA) is 113 Å². The molecule has 2 rings (SSSR count). The van der Waals surface area contributed by atoms with Crippen molar-refractivity contribution in [1.82, 2.24) is 0 Å². The predicted molar refractivity (Wildman–Crippen MR) is 96.6 cm³/mol. The first-order valence-corrected chi connectivity index (χ1v) is 8.17. The van der Waals surface area contributed by atoms with Gasteiger partial charge in [0.15, 0.2) is 5.78 Å². The second-order valence-corrected chi connectivity index (χ2v) is 5.69. The van der Waals surface area contributed by atoms with Gasteiger partial charge in [0.25, 0.3) is 6.29 Å². The van der Waals surface area contributed by atoms with E-state index in [4.69, 9.17) is 9.47 Å². The lowest BCUT2D eigenvalue weighted by Gasteiger charge is -2.21. The van der Waals surface area contributed by atoms with E-state index in [0.717, 1.165) is 6.07 Å². The number of carbonyl (C=O) groups excluding carboxylic acids is 2. The molecule has 2 atom stereocenters. The summed E-state index contributed by atoms with van der Waals surface area (Å²) >= 11 is 0. The van der Waals surface area contributed by atoms with E-state index < -0.39 is 24.1 Å². The zero-order valence-electron chi connectivity index (χ0n) is 14.8. The fourth-order valence-electron chi connectivity index (χ4n) is 2.23. The van der Waals surface area contributed by atoms with Crippen LogP contribution in [0.15, 0.2) is 54.6 Å². The number of phenolic OH excluding ortho intramolecular Hbond substituents is 2. The zero-order chi connectivity index (χ0) is 20.0. The van der Waals surface area contributed by atoms with Crippen molar-refractivity contribution in [1.29, 1.82) is 0 Å². The molecule has 0 aliphatic rings. The van der Waals surface area contributed by atoms with Gasteiger partial charge >= 0.3 is 5.97 Å². The molecule has 2 aromatic rings. The predicted octanol–water partition coefficient (Wildman–Crippen LogP) is 2.53. The van der Waals surface area contributed by atoms with Crippen LogP contribution < -0.4 is 4.74 Å². The van der Waals surface area contributed by atoms with Gasteiger partial charge in [-0.3, -0.25) is 4.79 Å². The molecule has 0 radical (unpaired) electrons. The Labute approximate surface area is 156 Å². The number of allylic oxidation sites excluding steroid dienone is 1. The number of ether oxygens (including phenoxy) is 2. The van der Waals surface area contributed by atoms with Gasteiger partial charge in [0.05, 0.1) is 11.1 Å². The largest absolute Gasteiger partial charge is 0.507 e. The fraction of sp³-hybridized carbons (Fsp3) is 0.200. The zero-order valence-corrected chi connectivity index (χ0v) is 14.8. The van der Waals surface area contributed by atoms with Crippen LogP contribution in [0.1, 0.15) is 29.8 Å². The summed E-state index contributed by atoms with van der Waals surface area (Å²) in [4.78, 5) is 24.0. The molecule has 0 aliphatic carbocycles. The lowest BCUT2D eigenvalue weighted by atomic mass is 10.0. The number of aliphatic hydroxyl groups is 1. The maximum Gasteiger partial charge on any atom is 0.333 e. The Kier molecular flexibility index (Phi) is 6.56. The number of ketones is 1. The molecule has 0 heterocycles. The van der Waals surface area contributed by atoms with Gasteiger partial charge in [-0.25, -0.2) is 4.79 Å². The van der Waals surface area contributed by atoms with Gasteiger partial charge in [-0.15, -0.1) is 0 Å². The van der Waals surface area contributed by atoms with E-state index in [0.29, 0.717) is 0 Å². The highest BCUT2D eigenvalue weighted by molar-refractivity contribution is 6.12. The molecule has 2 aromatic carbocycles. The molecule has 7 heteroatoms. The summed E-state index contributed by atoms with van der Waals surface area (Å²) in [5.74, 6) is -1.76. The molecule has 142 valence electrons. The lowest BCUT2D eigenvalue weighted by Crippen LogP contribution is -2.34.